The fraction of sp³-hybridized carbons (Fsp3) is 0.500. The Morgan fingerprint density at radius 2 is 1.88 bits per heavy atom. The number of allylic oxidation sites excluding steroid dienone is 1. The van der Waals surface area contributed by atoms with E-state index in [0.29, 0.717) is 31.0 Å². The van der Waals surface area contributed by atoms with E-state index >= 15 is 0 Å². The third kappa shape index (κ3) is 10.1. The first kappa shape index (κ1) is 32.6. The van der Waals surface area contributed by atoms with Crippen LogP contribution in [0, 0.1) is 11.7 Å². The summed E-state index contributed by atoms with van der Waals surface area (Å²) in [6, 6.07) is 12.9. The van der Waals surface area contributed by atoms with Crippen molar-refractivity contribution in [1.82, 2.24) is 9.80 Å². The molecule has 1 saturated heterocycles. The van der Waals surface area contributed by atoms with E-state index in [0.717, 1.165) is 23.7 Å². The second kappa shape index (κ2) is 15.4. The van der Waals surface area contributed by atoms with Crippen LogP contribution >= 0.6 is 15.9 Å². The van der Waals surface area contributed by atoms with Gasteiger partial charge in [0.15, 0.2) is 0 Å². The Kier molecular flexibility index (Phi) is 12.2. The highest BCUT2D eigenvalue weighted by atomic mass is 79.9. The molecule has 3 atom stereocenters. The topological polar surface area (TPSA) is 79.3 Å². The lowest BCUT2D eigenvalue weighted by molar-refractivity contribution is -0.149. The number of unbranched alkanes of at least 4 members (excludes halogenated alkanes) is 1. The molecule has 1 aliphatic rings. The fourth-order valence-corrected chi connectivity index (χ4v) is 5.09. The van der Waals surface area contributed by atoms with E-state index in [1.807, 2.05) is 42.5 Å². The van der Waals surface area contributed by atoms with E-state index < -0.39 is 35.6 Å². The standard InChI is InChI=1S/C32H42BrFN2O5/c1-23(18-25-19-26(34)21-27(20-25)40-17-11-6-5-10-14-33)29(37)28-30(38)35(22-24-12-8-7-9-13-24)15-16-36(28)31(39)41-32(2,3)4/h6-9,11-13,19-21,23,28-29,37H,5,10,14-18,22H2,1-4H3/b11-6+/t23-,28-,29-/m0/s1. The number of benzene rings is 2. The minimum absolute atomic E-state index is 0.225. The lowest BCUT2D eigenvalue weighted by atomic mass is 9.89. The minimum atomic E-state index is -1.21. The third-order valence-electron chi connectivity index (χ3n) is 6.77. The highest BCUT2D eigenvalue weighted by Crippen LogP contribution is 2.27. The molecule has 224 valence electrons. The lowest BCUT2D eigenvalue weighted by Gasteiger charge is -2.43. The van der Waals surface area contributed by atoms with Gasteiger partial charge in [-0.15, -0.1) is 0 Å². The molecule has 0 radical (unpaired) electrons. The number of hydrogen-bond donors (Lipinski definition) is 1. The van der Waals surface area contributed by atoms with Gasteiger partial charge in [-0.05, 0) is 69.2 Å². The largest absolute Gasteiger partial charge is 0.489 e. The monoisotopic (exact) mass is 632 g/mol. The fourth-order valence-electron chi connectivity index (χ4n) is 4.77. The van der Waals surface area contributed by atoms with E-state index in [9.17, 15) is 19.1 Å². The summed E-state index contributed by atoms with van der Waals surface area (Å²) in [5.74, 6) is -0.879. The number of carbonyl (C=O) groups excluding carboxylic acids is 2. The first-order chi connectivity index (χ1) is 19.5. The Morgan fingerprint density at radius 3 is 2.56 bits per heavy atom. The Morgan fingerprint density at radius 1 is 1.15 bits per heavy atom. The maximum atomic E-state index is 14.5. The van der Waals surface area contributed by atoms with Crippen molar-refractivity contribution in [2.45, 2.75) is 71.2 Å². The molecule has 0 aliphatic carbocycles. The summed E-state index contributed by atoms with van der Waals surface area (Å²) in [6.45, 7) is 8.30. The molecule has 1 N–H and O–H groups in total. The first-order valence-corrected chi connectivity index (χ1v) is 15.2. The Balaban J connectivity index is 1.76. The Hall–Kier alpha value is -2.91. The molecule has 3 rings (SSSR count). The number of aliphatic hydroxyl groups is 1. The van der Waals surface area contributed by atoms with Crippen molar-refractivity contribution in [3.63, 3.8) is 0 Å². The highest BCUT2D eigenvalue weighted by molar-refractivity contribution is 9.09. The maximum absolute atomic E-state index is 14.5. The number of amides is 2. The van der Waals surface area contributed by atoms with E-state index in [2.05, 4.69) is 15.9 Å². The van der Waals surface area contributed by atoms with Gasteiger partial charge in [-0.25, -0.2) is 9.18 Å². The number of hydrogen-bond acceptors (Lipinski definition) is 5. The first-order valence-electron chi connectivity index (χ1n) is 14.1. The van der Waals surface area contributed by atoms with E-state index in [-0.39, 0.29) is 18.9 Å². The minimum Gasteiger partial charge on any atom is -0.489 e. The van der Waals surface area contributed by atoms with Crippen molar-refractivity contribution in [2.24, 2.45) is 5.92 Å². The van der Waals surface area contributed by atoms with Crippen molar-refractivity contribution in [1.29, 1.82) is 0 Å². The number of nitrogens with zero attached hydrogens (tertiary/aromatic N) is 2. The van der Waals surface area contributed by atoms with Crippen molar-refractivity contribution < 1.29 is 28.6 Å². The SMILES string of the molecule is C[C@@H](Cc1cc(F)cc(OC/C=C/CCCBr)c1)[C@H](O)[C@H]1C(=O)N(Cc2ccccc2)CCN1C(=O)OC(C)(C)C. The van der Waals surface area contributed by atoms with Gasteiger partial charge in [0.2, 0.25) is 5.91 Å². The van der Waals surface area contributed by atoms with Gasteiger partial charge in [-0.1, -0.05) is 65.3 Å². The smallest absolute Gasteiger partial charge is 0.411 e. The van der Waals surface area contributed by atoms with Gasteiger partial charge in [0.25, 0.3) is 0 Å². The number of rotatable bonds is 12. The number of piperazine rings is 1. The molecule has 0 bridgehead atoms. The van der Waals surface area contributed by atoms with Gasteiger partial charge in [0.1, 0.15) is 29.8 Å². The summed E-state index contributed by atoms with van der Waals surface area (Å²) >= 11 is 3.40. The molecule has 0 saturated carbocycles. The van der Waals surface area contributed by atoms with Crippen LogP contribution in [0.15, 0.2) is 60.7 Å². The molecule has 1 aliphatic heterocycles. The Labute approximate surface area is 251 Å². The second-order valence-electron chi connectivity index (χ2n) is 11.4. The summed E-state index contributed by atoms with van der Waals surface area (Å²) < 4.78 is 25.8. The highest BCUT2D eigenvalue weighted by Gasteiger charge is 2.44. The molecule has 2 amide bonds. The molecule has 2 aromatic rings. The zero-order chi connectivity index (χ0) is 30.0. The summed E-state index contributed by atoms with van der Waals surface area (Å²) in [4.78, 5) is 29.9. The van der Waals surface area contributed by atoms with Crippen LogP contribution in [0.2, 0.25) is 0 Å². The van der Waals surface area contributed by atoms with E-state index in [4.69, 9.17) is 9.47 Å². The van der Waals surface area contributed by atoms with Crippen LogP contribution in [0.3, 0.4) is 0 Å². The zero-order valence-corrected chi connectivity index (χ0v) is 26.0. The maximum Gasteiger partial charge on any atom is 0.411 e. The van der Waals surface area contributed by atoms with Gasteiger partial charge in [0, 0.05) is 31.0 Å². The lowest BCUT2D eigenvalue weighted by Crippen LogP contribution is -2.64. The van der Waals surface area contributed by atoms with Crippen LogP contribution < -0.4 is 4.74 Å². The van der Waals surface area contributed by atoms with Crippen molar-refractivity contribution in [3.8, 4) is 5.75 Å². The second-order valence-corrected chi connectivity index (χ2v) is 12.2. The summed E-state index contributed by atoms with van der Waals surface area (Å²) in [6.07, 6.45) is 4.31. The molecule has 2 aromatic carbocycles. The molecular formula is C32H42BrFN2O5. The van der Waals surface area contributed by atoms with Gasteiger partial charge in [-0.2, -0.15) is 0 Å². The summed E-state index contributed by atoms with van der Waals surface area (Å²) in [5, 5.41) is 12.5. The molecule has 7 nitrogen and oxygen atoms in total. The number of aliphatic hydroxyl groups excluding tert-OH is 1. The predicted octanol–water partition coefficient (Wildman–Crippen LogP) is 6.12. The van der Waals surface area contributed by atoms with Crippen LogP contribution in [0.4, 0.5) is 9.18 Å². The number of alkyl halides is 1. The number of ether oxygens (including phenoxy) is 2. The summed E-state index contributed by atoms with van der Waals surface area (Å²) in [5.41, 5.74) is 0.824. The zero-order valence-electron chi connectivity index (χ0n) is 24.4. The molecular weight excluding hydrogens is 591 g/mol. The molecule has 1 fully saturated rings. The van der Waals surface area contributed by atoms with Crippen LogP contribution in [0.1, 0.15) is 51.7 Å². The third-order valence-corrected chi connectivity index (χ3v) is 7.33. The van der Waals surface area contributed by atoms with Gasteiger partial charge in [0.05, 0.1) is 6.10 Å². The average Bonchev–Trinajstić information content (AvgIpc) is 2.90. The van der Waals surface area contributed by atoms with Crippen LogP contribution in [-0.2, 0) is 22.5 Å². The van der Waals surface area contributed by atoms with Gasteiger partial charge in [-0.3, -0.25) is 9.69 Å². The van der Waals surface area contributed by atoms with Crippen molar-refractivity contribution >= 4 is 27.9 Å². The summed E-state index contributed by atoms with van der Waals surface area (Å²) in [7, 11) is 0. The van der Waals surface area contributed by atoms with Crippen LogP contribution in [0.25, 0.3) is 0 Å². The molecule has 41 heavy (non-hydrogen) atoms. The van der Waals surface area contributed by atoms with E-state index in [1.165, 1.54) is 17.0 Å². The molecule has 0 spiro atoms. The van der Waals surface area contributed by atoms with E-state index in [1.54, 1.807) is 38.7 Å². The van der Waals surface area contributed by atoms with Gasteiger partial charge >= 0.3 is 6.09 Å². The molecule has 1 heterocycles. The molecule has 9 heteroatoms. The molecule has 0 aromatic heterocycles. The molecule has 0 unspecified atom stereocenters. The van der Waals surface area contributed by atoms with Crippen molar-refractivity contribution in [3.05, 3.63) is 77.6 Å². The average molecular weight is 634 g/mol. The van der Waals surface area contributed by atoms with Crippen LogP contribution in [0.5, 0.6) is 5.75 Å². The normalized spacial score (nSPS) is 17.5. The van der Waals surface area contributed by atoms with Gasteiger partial charge < -0.3 is 19.5 Å². The van der Waals surface area contributed by atoms with Crippen molar-refractivity contribution in [2.75, 3.05) is 25.0 Å². The Bertz CT molecular complexity index is 1170. The predicted molar refractivity (Wildman–Crippen MR) is 162 cm³/mol. The quantitative estimate of drug-likeness (QED) is 0.173. The van der Waals surface area contributed by atoms with Crippen LogP contribution in [-0.4, -0.2) is 69.7 Å². The number of carbonyl (C=O) groups is 2. The number of halogens is 2.